The first-order chi connectivity index (χ1) is 20.2. The number of hydrazine groups is 1. The summed E-state index contributed by atoms with van der Waals surface area (Å²) in [7, 11) is 0. The van der Waals surface area contributed by atoms with Gasteiger partial charge in [-0.1, -0.05) is 48.5 Å². The Morgan fingerprint density at radius 1 is 1.07 bits per heavy atom. The first-order valence-corrected chi connectivity index (χ1v) is 13.3. The van der Waals surface area contributed by atoms with Gasteiger partial charge in [0, 0.05) is 19.2 Å². The molecule has 42 heavy (non-hydrogen) atoms. The largest absolute Gasteiger partial charge is 0.508 e. The van der Waals surface area contributed by atoms with E-state index in [1.165, 1.54) is 39.1 Å². The number of phenols is 1. The molecule has 0 unspecified atom stereocenters. The quantitative estimate of drug-likeness (QED) is 0.344. The zero-order chi connectivity index (χ0) is 30.2. The number of hydrogen-bond acceptors (Lipinski definition) is 6. The van der Waals surface area contributed by atoms with Gasteiger partial charge in [-0.3, -0.25) is 9.59 Å². The Morgan fingerprint density at radius 3 is 2.50 bits per heavy atom. The van der Waals surface area contributed by atoms with Crippen LogP contribution in [0.2, 0.25) is 0 Å². The lowest BCUT2D eigenvalue weighted by molar-refractivity contribution is -0.180. The van der Waals surface area contributed by atoms with Crippen molar-refractivity contribution in [2.75, 3.05) is 26.2 Å². The van der Waals surface area contributed by atoms with Crippen LogP contribution in [0.1, 0.15) is 16.8 Å². The molecule has 1 aromatic heterocycles. The van der Waals surface area contributed by atoms with Crippen LogP contribution in [0.15, 0.2) is 79.4 Å². The number of carbonyl (C=O) groups is 3. The molecule has 2 fully saturated rings. The highest BCUT2D eigenvalue weighted by Crippen LogP contribution is 2.23. The molecule has 3 heterocycles. The molecule has 2 saturated heterocycles. The molecule has 12 heteroatoms. The Bertz CT molecular complexity index is 1440. The fraction of sp³-hybridized carbons (Fsp3) is 0.267. The molecule has 1 atom stereocenters. The molecule has 220 valence electrons. The Morgan fingerprint density at radius 2 is 1.83 bits per heavy atom. The van der Waals surface area contributed by atoms with Crippen molar-refractivity contribution in [2.24, 2.45) is 0 Å². The lowest BCUT2D eigenvalue weighted by atomic mass is 10.2. The molecule has 0 saturated carbocycles. The van der Waals surface area contributed by atoms with Crippen LogP contribution in [0.5, 0.6) is 5.75 Å². The van der Waals surface area contributed by atoms with E-state index in [1.54, 1.807) is 24.1 Å². The third-order valence-electron chi connectivity index (χ3n) is 6.74. The van der Waals surface area contributed by atoms with Crippen LogP contribution in [0.25, 0.3) is 0 Å². The number of aromatic hydroxyl groups is 1. The fourth-order valence-electron chi connectivity index (χ4n) is 4.61. The number of carbonyl (C=O) groups excluding carboxylic acids is 3. The number of benzene rings is 2. The number of fused-ring (bicyclic) bond motifs is 1. The Balaban J connectivity index is 0.000000385. The molecule has 0 aliphatic carbocycles. The van der Waals surface area contributed by atoms with E-state index in [9.17, 15) is 23.2 Å². The average Bonchev–Trinajstić information content (AvgIpc) is 2.96. The van der Waals surface area contributed by atoms with Crippen molar-refractivity contribution in [1.29, 1.82) is 0 Å². The summed E-state index contributed by atoms with van der Waals surface area (Å²) in [6.45, 7) is 5.93. The number of hydrogen-bond donors (Lipinski definition) is 2. The van der Waals surface area contributed by atoms with Gasteiger partial charge in [0.05, 0.1) is 25.3 Å². The van der Waals surface area contributed by atoms with Crippen molar-refractivity contribution >= 4 is 17.8 Å². The predicted molar refractivity (Wildman–Crippen MR) is 150 cm³/mol. The number of aryl methyl sites for hydroxylation is 1. The molecular weight excluding hydrogens is 546 g/mol. The molecule has 0 bridgehead atoms. The minimum absolute atomic E-state index is 0.0295. The minimum Gasteiger partial charge on any atom is -0.508 e. The van der Waals surface area contributed by atoms with E-state index in [-0.39, 0.29) is 62.1 Å². The van der Waals surface area contributed by atoms with Gasteiger partial charge in [-0.25, -0.2) is 24.2 Å². The predicted octanol–water partition coefficient (Wildman–Crippen LogP) is 3.19. The maximum Gasteiger partial charge on any atom is 0.334 e. The minimum atomic E-state index is -0.701. The number of pyridine rings is 1. The van der Waals surface area contributed by atoms with Crippen LogP contribution < -0.4 is 5.32 Å². The monoisotopic (exact) mass is 578 g/mol. The van der Waals surface area contributed by atoms with Gasteiger partial charge in [-0.15, -0.1) is 6.58 Å². The summed E-state index contributed by atoms with van der Waals surface area (Å²) < 4.78 is 25.9. The second-order valence-corrected chi connectivity index (χ2v) is 9.79. The highest BCUT2D eigenvalue weighted by atomic mass is 19.1. The van der Waals surface area contributed by atoms with Crippen molar-refractivity contribution in [3.05, 3.63) is 108 Å². The zero-order valence-electron chi connectivity index (χ0n) is 23.1. The summed E-state index contributed by atoms with van der Waals surface area (Å²) in [5.74, 6) is -1.56. The summed E-state index contributed by atoms with van der Waals surface area (Å²) >= 11 is 0. The van der Waals surface area contributed by atoms with Gasteiger partial charge in [0.2, 0.25) is 17.8 Å². The van der Waals surface area contributed by atoms with Gasteiger partial charge >= 0.3 is 6.03 Å². The summed E-state index contributed by atoms with van der Waals surface area (Å²) in [6, 6.07) is 17.6. The number of phenolic OH excluding ortho intramolecular Hbond substituents is 1. The summed E-state index contributed by atoms with van der Waals surface area (Å²) in [6.07, 6.45) is 0.913. The summed E-state index contributed by atoms with van der Waals surface area (Å²) in [5.41, 5.74) is 1.87. The van der Waals surface area contributed by atoms with Crippen LogP contribution in [0.4, 0.5) is 13.6 Å². The average molecular weight is 579 g/mol. The second-order valence-electron chi connectivity index (χ2n) is 9.79. The first-order valence-electron chi connectivity index (χ1n) is 13.3. The molecule has 2 aliphatic rings. The number of urea groups is 1. The van der Waals surface area contributed by atoms with Gasteiger partial charge in [-0.05, 0) is 36.2 Å². The van der Waals surface area contributed by atoms with E-state index in [2.05, 4.69) is 16.9 Å². The number of nitrogens with zero attached hydrogens (tertiary/aromatic N) is 5. The van der Waals surface area contributed by atoms with Crippen LogP contribution in [-0.2, 0) is 22.7 Å². The van der Waals surface area contributed by atoms with E-state index < -0.39 is 12.1 Å². The van der Waals surface area contributed by atoms with Crippen LogP contribution in [0, 0.1) is 18.7 Å². The van der Waals surface area contributed by atoms with Crippen LogP contribution in [-0.4, -0.2) is 80.1 Å². The number of aromatic nitrogens is 1. The van der Waals surface area contributed by atoms with E-state index in [1.807, 2.05) is 30.3 Å². The molecule has 0 spiro atoms. The Kier molecular flexibility index (Phi) is 9.81. The van der Waals surface area contributed by atoms with Gasteiger partial charge in [0.1, 0.15) is 24.3 Å². The van der Waals surface area contributed by atoms with Crippen LogP contribution in [0.3, 0.4) is 0 Å². The third-order valence-corrected chi connectivity index (χ3v) is 6.74. The molecule has 0 radical (unpaired) electrons. The van der Waals surface area contributed by atoms with Gasteiger partial charge < -0.3 is 20.2 Å². The Labute approximate surface area is 242 Å². The van der Waals surface area contributed by atoms with Crippen molar-refractivity contribution in [3.63, 3.8) is 0 Å². The molecule has 2 aliphatic heterocycles. The smallest absolute Gasteiger partial charge is 0.334 e. The number of piperazine rings is 1. The number of amides is 4. The lowest BCUT2D eigenvalue weighted by Crippen LogP contribution is -2.73. The third kappa shape index (κ3) is 7.46. The van der Waals surface area contributed by atoms with E-state index in [4.69, 9.17) is 5.11 Å². The fourth-order valence-corrected chi connectivity index (χ4v) is 4.61. The Hall–Kier alpha value is -4.84. The molecule has 3 aromatic rings. The number of rotatable bonds is 6. The number of halogens is 2. The standard InChI is InChI=1S/C23H25FN6O3.C7H7FO/c1-2-11-28-15-22(32)29-16-21(31)27(13-18-9-6-10-19(24)26-18)14-20(29)30(28)23(33)25-12-17-7-4-3-5-8-17;1-5-2-3-6(9)4-7(5)8/h2-10,20H,1,11-16H2,(H,25,33);2-4,9H,1H3/t20-;/m0./s1. The van der Waals surface area contributed by atoms with Crippen LogP contribution >= 0.6 is 0 Å². The topological polar surface area (TPSA) is 109 Å². The lowest BCUT2D eigenvalue weighted by Gasteiger charge is -2.52. The van der Waals surface area contributed by atoms with Gasteiger partial charge in [-0.2, -0.15) is 4.39 Å². The molecule has 4 amide bonds. The number of nitrogens with one attached hydrogen (secondary N) is 1. The molecule has 2 N–H and O–H groups in total. The van der Waals surface area contributed by atoms with Crippen molar-refractivity contribution < 1.29 is 28.3 Å². The molecule has 2 aromatic carbocycles. The highest BCUT2D eigenvalue weighted by molar-refractivity contribution is 5.89. The van der Waals surface area contributed by atoms with E-state index in [0.717, 1.165) is 11.6 Å². The first kappa shape index (κ1) is 30.1. The molecular formula is C30H32F2N6O4. The van der Waals surface area contributed by atoms with Gasteiger partial charge in [0.15, 0.2) is 0 Å². The summed E-state index contributed by atoms with van der Waals surface area (Å²) in [5, 5.41) is 14.7. The highest BCUT2D eigenvalue weighted by Gasteiger charge is 2.46. The normalized spacial score (nSPS) is 16.8. The second kappa shape index (κ2) is 13.7. The van der Waals surface area contributed by atoms with Crippen molar-refractivity contribution in [3.8, 4) is 5.75 Å². The molecule has 10 nitrogen and oxygen atoms in total. The van der Waals surface area contributed by atoms with E-state index in [0.29, 0.717) is 17.8 Å². The zero-order valence-corrected chi connectivity index (χ0v) is 23.1. The van der Waals surface area contributed by atoms with Crippen molar-refractivity contribution in [2.45, 2.75) is 26.2 Å². The maximum absolute atomic E-state index is 13.5. The summed E-state index contributed by atoms with van der Waals surface area (Å²) in [4.78, 5) is 45.5. The van der Waals surface area contributed by atoms with Crippen molar-refractivity contribution in [1.82, 2.24) is 30.1 Å². The SMILES string of the molecule is C=CCN1CC(=O)N2CC(=O)N(Cc3cccc(F)n3)C[C@@H]2N1C(=O)NCc1ccccc1.Cc1ccc(O)cc1F. The molecule has 5 rings (SSSR count). The maximum atomic E-state index is 13.5. The van der Waals surface area contributed by atoms with E-state index >= 15 is 0 Å². The van der Waals surface area contributed by atoms with Gasteiger partial charge in [0.25, 0.3) is 0 Å².